The van der Waals surface area contributed by atoms with Crippen molar-refractivity contribution in [3.63, 3.8) is 0 Å². The van der Waals surface area contributed by atoms with Crippen LogP contribution in [0.25, 0.3) is 0 Å². The second-order valence-corrected chi connectivity index (χ2v) is 8.17. The molecule has 0 saturated heterocycles. The van der Waals surface area contributed by atoms with E-state index in [1.807, 2.05) is 0 Å². The highest BCUT2D eigenvalue weighted by molar-refractivity contribution is 9.10. The Kier molecular flexibility index (Phi) is 6.45. The van der Waals surface area contributed by atoms with Gasteiger partial charge in [-0.1, -0.05) is 27.5 Å². The maximum atomic E-state index is 12.4. The Morgan fingerprint density at radius 3 is 2.40 bits per heavy atom. The predicted molar refractivity (Wildman–Crippen MR) is 101 cm³/mol. The van der Waals surface area contributed by atoms with E-state index in [0.29, 0.717) is 11.4 Å². The monoisotopic (exact) mass is 446 g/mol. The molecule has 0 heterocycles. The number of carbonyl (C=O) groups excluding carboxylic acids is 1. The van der Waals surface area contributed by atoms with Gasteiger partial charge in [-0.2, -0.15) is 4.72 Å². The number of carbonyl (C=O) groups is 1. The number of halogens is 2. The van der Waals surface area contributed by atoms with E-state index in [1.54, 1.807) is 24.3 Å². The van der Waals surface area contributed by atoms with Crippen molar-refractivity contribution in [3.05, 3.63) is 52.0 Å². The number of sulfonamides is 1. The summed E-state index contributed by atoms with van der Waals surface area (Å²) < 4.78 is 33.0. The maximum Gasteiger partial charge on any atom is 0.242 e. The van der Waals surface area contributed by atoms with E-state index in [1.165, 1.54) is 32.2 Å². The first-order valence-corrected chi connectivity index (χ1v) is 9.80. The van der Waals surface area contributed by atoms with Crippen LogP contribution in [0.5, 0.6) is 5.75 Å². The van der Waals surface area contributed by atoms with Crippen LogP contribution in [-0.4, -0.2) is 27.5 Å². The molecule has 134 valence electrons. The number of amides is 1. The molecule has 0 aromatic heterocycles. The van der Waals surface area contributed by atoms with Gasteiger partial charge in [0.2, 0.25) is 15.9 Å². The van der Waals surface area contributed by atoms with Crippen LogP contribution in [0.3, 0.4) is 0 Å². The summed E-state index contributed by atoms with van der Waals surface area (Å²) >= 11 is 9.25. The summed E-state index contributed by atoms with van der Waals surface area (Å²) in [6.45, 7) is 1.46. The Bertz CT molecular complexity index is 872. The summed E-state index contributed by atoms with van der Waals surface area (Å²) in [6.07, 6.45) is 0. The zero-order valence-electron chi connectivity index (χ0n) is 13.4. The molecule has 0 aliphatic rings. The lowest BCUT2D eigenvalue weighted by molar-refractivity contribution is -0.117. The lowest BCUT2D eigenvalue weighted by atomic mass is 10.3. The van der Waals surface area contributed by atoms with Crippen molar-refractivity contribution in [3.8, 4) is 5.75 Å². The van der Waals surface area contributed by atoms with E-state index < -0.39 is 22.0 Å². The van der Waals surface area contributed by atoms with Crippen LogP contribution in [0.2, 0.25) is 5.02 Å². The minimum Gasteiger partial charge on any atom is -0.495 e. The molecule has 9 heteroatoms. The van der Waals surface area contributed by atoms with Gasteiger partial charge in [0.25, 0.3) is 0 Å². The molecule has 2 N–H and O–H groups in total. The van der Waals surface area contributed by atoms with E-state index in [0.717, 1.165) is 4.47 Å². The van der Waals surface area contributed by atoms with Gasteiger partial charge in [0.1, 0.15) is 5.75 Å². The second kappa shape index (κ2) is 8.18. The molecule has 0 unspecified atom stereocenters. The third-order valence-electron chi connectivity index (χ3n) is 3.27. The summed E-state index contributed by atoms with van der Waals surface area (Å²) in [5.74, 6) is -0.118. The van der Waals surface area contributed by atoms with Gasteiger partial charge in [0, 0.05) is 10.2 Å². The van der Waals surface area contributed by atoms with Gasteiger partial charge < -0.3 is 10.1 Å². The second-order valence-electron chi connectivity index (χ2n) is 5.14. The fraction of sp³-hybridized carbons (Fsp3) is 0.188. The van der Waals surface area contributed by atoms with E-state index in [9.17, 15) is 13.2 Å². The Hall–Kier alpha value is -1.61. The van der Waals surface area contributed by atoms with Crippen molar-refractivity contribution >= 4 is 49.1 Å². The maximum absolute atomic E-state index is 12.4. The minimum atomic E-state index is -3.91. The average Bonchev–Trinajstić information content (AvgIpc) is 2.56. The highest BCUT2D eigenvalue weighted by Gasteiger charge is 2.23. The quantitative estimate of drug-likeness (QED) is 0.711. The molecule has 1 amide bonds. The van der Waals surface area contributed by atoms with Crippen LogP contribution in [0, 0.1) is 0 Å². The lowest BCUT2D eigenvalue weighted by Gasteiger charge is -2.15. The van der Waals surface area contributed by atoms with Gasteiger partial charge in [-0.15, -0.1) is 0 Å². The van der Waals surface area contributed by atoms with Crippen molar-refractivity contribution in [2.24, 2.45) is 0 Å². The standard InChI is InChI=1S/C16H16BrClN2O4S/c1-10(16(21)19-12-5-3-11(17)4-6-12)20-25(22,23)13-7-8-15(24-2)14(18)9-13/h3-10,20H,1-2H3,(H,19,21)/t10-/m0/s1. The number of hydrogen-bond acceptors (Lipinski definition) is 4. The van der Waals surface area contributed by atoms with Gasteiger partial charge >= 0.3 is 0 Å². The zero-order chi connectivity index (χ0) is 18.6. The Balaban J connectivity index is 2.09. The first-order chi connectivity index (χ1) is 11.7. The largest absolute Gasteiger partial charge is 0.495 e. The van der Waals surface area contributed by atoms with Crippen LogP contribution >= 0.6 is 27.5 Å². The zero-order valence-corrected chi connectivity index (χ0v) is 16.6. The number of rotatable bonds is 6. The summed E-state index contributed by atoms with van der Waals surface area (Å²) in [7, 11) is -2.48. The van der Waals surface area contributed by atoms with Crippen molar-refractivity contribution in [1.82, 2.24) is 4.72 Å². The number of hydrogen-bond donors (Lipinski definition) is 2. The molecule has 0 spiro atoms. The third kappa shape index (κ3) is 5.18. The molecular weight excluding hydrogens is 432 g/mol. The molecule has 6 nitrogen and oxygen atoms in total. The summed E-state index contributed by atoms with van der Waals surface area (Å²) in [4.78, 5) is 12.1. The van der Waals surface area contributed by atoms with E-state index in [-0.39, 0.29) is 9.92 Å². The molecule has 0 fully saturated rings. The molecular formula is C16H16BrClN2O4S. The number of anilines is 1. The van der Waals surface area contributed by atoms with Crippen LogP contribution in [0.1, 0.15) is 6.92 Å². The summed E-state index contributed by atoms with van der Waals surface area (Å²) in [6, 6.07) is 10.0. The highest BCUT2D eigenvalue weighted by atomic mass is 79.9. The first kappa shape index (κ1) is 19.7. The molecule has 2 rings (SSSR count). The number of methoxy groups -OCH3 is 1. The van der Waals surface area contributed by atoms with Gasteiger partial charge in [0.05, 0.1) is 23.1 Å². The smallest absolute Gasteiger partial charge is 0.242 e. The SMILES string of the molecule is COc1ccc(S(=O)(=O)N[C@@H](C)C(=O)Nc2ccc(Br)cc2)cc1Cl. The third-order valence-corrected chi connectivity index (χ3v) is 5.63. The molecule has 25 heavy (non-hydrogen) atoms. The van der Waals surface area contributed by atoms with Crippen molar-refractivity contribution in [2.45, 2.75) is 17.9 Å². The molecule has 0 saturated carbocycles. The normalized spacial score (nSPS) is 12.5. The molecule has 2 aromatic rings. The van der Waals surface area contributed by atoms with Crippen LogP contribution in [-0.2, 0) is 14.8 Å². The number of ether oxygens (including phenoxy) is 1. The lowest BCUT2D eigenvalue weighted by Crippen LogP contribution is -2.41. The topological polar surface area (TPSA) is 84.5 Å². The Morgan fingerprint density at radius 1 is 1.20 bits per heavy atom. The Labute approximate surface area is 159 Å². The van der Waals surface area contributed by atoms with Crippen LogP contribution in [0.4, 0.5) is 5.69 Å². The highest BCUT2D eigenvalue weighted by Crippen LogP contribution is 2.27. The van der Waals surface area contributed by atoms with Crippen LogP contribution in [0.15, 0.2) is 51.8 Å². The molecule has 1 atom stereocenters. The molecule has 0 aliphatic heterocycles. The number of nitrogens with one attached hydrogen (secondary N) is 2. The van der Waals surface area contributed by atoms with Gasteiger partial charge in [-0.25, -0.2) is 8.42 Å². The van der Waals surface area contributed by atoms with Crippen LogP contribution < -0.4 is 14.8 Å². The molecule has 0 aliphatic carbocycles. The van der Waals surface area contributed by atoms with Gasteiger partial charge in [0.15, 0.2) is 0 Å². The first-order valence-electron chi connectivity index (χ1n) is 7.15. The van der Waals surface area contributed by atoms with E-state index >= 15 is 0 Å². The summed E-state index contributed by atoms with van der Waals surface area (Å²) in [5.41, 5.74) is 0.562. The molecule has 2 aromatic carbocycles. The van der Waals surface area contributed by atoms with E-state index in [2.05, 4.69) is 26.0 Å². The van der Waals surface area contributed by atoms with Gasteiger partial charge in [-0.3, -0.25) is 4.79 Å². The van der Waals surface area contributed by atoms with Crippen molar-refractivity contribution < 1.29 is 17.9 Å². The fourth-order valence-electron chi connectivity index (χ4n) is 1.95. The Morgan fingerprint density at radius 2 is 1.84 bits per heavy atom. The summed E-state index contributed by atoms with van der Waals surface area (Å²) in [5, 5.41) is 2.80. The average molecular weight is 448 g/mol. The van der Waals surface area contributed by atoms with Gasteiger partial charge in [-0.05, 0) is 49.4 Å². The fourth-order valence-corrected chi connectivity index (χ4v) is 3.77. The van der Waals surface area contributed by atoms with Crippen molar-refractivity contribution in [2.75, 3.05) is 12.4 Å². The molecule has 0 radical (unpaired) electrons. The van der Waals surface area contributed by atoms with Crippen molar-refractivity contribution in [1.29, 1.82) is 0 Å². The number of benzene rings is 2. The molecule has 0 bridgehead atoms. The van der Waals surface area contributed by atoms with E-state index in [4.69, 9.17) is 16.3 Å². The minimum absolute atomic E-state index is 0.0541. The predicted octanol–water partition coefficient (Wildman–Crippen LogP) is 3.42.